The normalized spacial score (nSPS) is 20.1. The van der Waals surface area contributed by atoms with Crippen LogP contribution in [-0.2, 0) is 14.8 Å². The Hall–Kier alpha value is -1.74. The summed E-state index contributed by atoms with van der Waals surface area (Å²) in [7, 11) is -3.35. The molecule has 0 aromatic carbocycles. The summed E-state index contributed by atoms with van der Waals surface area (Å²) >= 11 is 1.41. The lowest BCUT2D eigenvalue weighted by molar-refractivity contribution is -0.192. The molecular formula is C21H33F3N4O5S2. The van der Waals surface area contributed by atoms with Gasteiger partial charge in [0.15, 0.2) is 0 Å². The summed E-state index contributed by atoms with van der Waals surface area (Å²) in [5.74, 6) is -2.83. The average molecular weight is 543 g/mol. The summed E-state index contributed by atoms with van der Waals surface area (Å²) in [6.45, 7) is 7.28. The van der Waals surface area contributed by atoms with Gasteiger partial charge in [-0.1, -0.05) is 12.5 Å². The summed E-state index contributed by atoms with van der Waals surface area (Å²) in [5, 5.41) is 12.2. The highest BCUT2D eigenvalue weighted by atomic mass is 32.2. The van der Waals surface area contributed by atoms with E-state index in [1.807, 2.05) is 17.5 Å². The van der Waals surface area contributed by atoms with E-state index in [4.69, 9.17) is 9.90 Å². The van der Waals surface area contributed by atoms with Gasteiger partial charge in [0.1, 0.15) is 0 Å². The Morgan fingerprint density at radius 1 is 1.20 bits per heavy atom. The minimum atomic E-state index is -5.08. The average Bonchev–Trinajstić information content (AvgIpc) is 3.35. The Kier molecular flexibility index (Phi) is 11.4. The monoisotopic (exact) mass is 542 g/mol. The van der Waals surface area contributed by atoms with E-state index in [2.05, 4.69) is 17.1 Å². The molecule has 2 aliphatic rings. The van der Waals surface area contributed by atoms with E-state index in [-0.39, 0.29) is 18.2 Å². The lowest BCUT2D eigenvalue weighted by atomic mass is 10.0. The molecule has 0 bridgehead atoms. The largest absolute Gasteiger partial charge is 0.490 e. The maximum Gasteiger partial charge on any atom is 0.490 e. The van der Waals surface area contributed by atoms with Crippen molar-refractivity contribution in [2.75, 3.05) is 58.1 Å². The molecule has 1 aromatic heterocycles. The third kappa shape index (κ3) is 9.67. The summed E-state index contributed by atoms with van der Waals surface area (Å²) in [4.78, 5) is 26.7. The fraction of sp³-hybridized carbons (Fsp3) is 0.714. The second-order valence-corrected chi connectivity index (χ2v) is 11.5. The van der Waals surface area contributed by atoms with Crippen LogP contribution in [0.15, 0.2) is 17.5 Å². The lowest BCUT2D eigenvalue weighted by Crippen LogP contribution is -2.49. The summed E-state index contributed by atoms with van der Waals surface area (Å²) in [6.07, 6.45) is -1.44. The fourth-order valence-electron chi connectivity index (χ4n) is 3.89. The zero-order chi connectivity index (χ0) is 26.1. The number of nitrogens with one attached hydrogen (secondary N) is 1. The number of piperazine rings is 1. The van der Waals surface area contributed by atoms with Crippen LogP contribution in [0.25, 0.3) is 0 Å². The van der Waals surface area contributed by atoms with Gasteiger partial charge in [0.05, 0.1) is 10.6 Å². The molecule has 2 saturated heterocycles. The highest BCUT2D eigenvalue weighted by molar-refractivity contribution is 7.89. The van der Waals surface area contributed by atoms with E-state index in [1.165, 1.54) is 30.6 Å². The quantitative estimate of drug-likeness (QED) is 0.517. The number of nitrogens with zero attached hydrogens (tertiary/aromatic N) is 3. The molecule has 2 N–H and O–H groups in total. The van der Waals surface area contributed by atoms with Crippen molar-refractivity contribution in [3.05, 3.63) is 22.4 Å². The number of carbonyl (C=O) groups excluding carboxylic acids is 1. The molecule has 0 saturated carbocycles. The fourth-order valence-corrected chi connectivity index (χ4v) is 6.03. The molecule has 35 heavy (non-hydrogen) atoms. The molecule has 1 unspecified atom stereocenters. The molecule has 1 aromatic rings. The molecule has 3 heterocycles. The molecular weight excluding hydrogens is 509 g/mol. The van der Waals surface area contributed by atoms with Crippen LogP contribution in [0.3, 0.4) is 0 Å². The van der Waals surface area contributed by atoms with Crippen molar-refractivity contribution >= 4 is 33.2 Å². The second-order valence-electron chi connectivity index (χ2n) is 8.42. The maximum absolute atomic E-state index is 13.0. The van der Waals surface area contributed by atoms with Crippen LogP contribution < -0.4 is 5.32 Å². The number of halogens is 3. The Morgan fingerprint density at radius 3 is 2.40 bits per heavy atom. The Balaban J connectivity index is 0.000000540. The van der Waals surface area contributed by atoms with Crippen LogP contribution in [0.2, 0.25) is 0 Å². The number of carboxylic acids is 1. The minimum absolute atomic E-state index is 0.0142. The highest BCUT2D eigenvalue weighted by Crippen LogP contribution is 2.17. The first-order valence-corrected chi connectivity index (χ1v) is 14.0. The summed E-state index contributed by atoms with van der Waals surface area (Å²) in [6, 6.07) is 4.20. The molecule has 200 valence electrons. The van der Waals surface area contributed by atoms with Crippen molar-refractivity contribution in [3.8, 4) is 0 Å². The van der Waals surface area contributed by atoms with E-state index in [0.717, 1.165) is 13.1 Å². The number of aliphatic carboxylic acids is 1. The van der Waals surface area contributed by atoms with Crippen molar-refractivity contribution in [1.82, 2.24) is 19.4 Å². The number of sulfonamides is 1. The van der Waals surface area contributed by atoms with Crippen molar-refractivity contribution in [2.45, 2.75) is 38.4 Å². The van der Waals surface area contributed by atoms with Gasteiger partial charge in [0.25, 0.3) is 5.91 Å². The molecule has 2 aliphatic heterocycles. The molecule has 1 amide bonds. The molecule has 3 rings (SSSR count). The number of rotatable bonds is 8. The van der Waals surface area contributed by atoms with E-state index < -0.39 is 22.2 Å². The molecule has 2 fully saturated rings. The first kappa shape index (κ1) is 29.5. The Morgan fingerprint density at radius 2 is 1.86 bits per heavy atom. The Bertz CT molecular complexity index is 907. The van der Waals surface area contributed by atoms with Crippen LogP contribution in [-0.4, -0.2) is 110 Å². The van der Waals surface area contributed by atoms with Gasteiger partial charge in [-0.3, -0.25) is 9.69 Å². The van der Waals surface area contributed by atoms with Crippen LogP contribution in [0.1, 0.15) is 35.9 Å². The van der Waals surface area contributed by atoms with Crippen molar-refractivity contribution in [1.29, 1.82) is 0 Å². The van der Waals surface area contributed by atoms with Gasteiger partial charge in [-0.15, -0.1) is 11.3 Å². The molecule has 0 aliphatic carbocycles. The first-order chi connectivity index (χ1) is 16.4. The highest BCUT2D eigenvalue weighted by Gasteiger charge is 2.38. The zero-order valence-corrected chi connectivity index (χ0v) is 21.3. The van der Waals surface area contributed by atoms with Gasteiger partial charge in [0, 0.05) is 51.9 Å². The third-order valence-corrected chi connectivity index (χ3v) is 8.66. The van der Waals surface area contributed by atoms with E-state index in [0.29, 0.717) is 43.6 Å². The van der Waals surface area contributed by atoms with Crippen LogP contribution >= 0.6 is 11.3 Å². The van der Waals surface area contributed by atoms with Gasteiger partial charge in [-0.25, -0.2) is 13.2 Å². The number of piperidine rings is 1. The number of amides is 1. The van der Waals surface area contributed by atoms with E-state index >= 15 is 0 Å². The van der Waals surface area contributed by atoms with Gasteiger partial charge >= 0.3 is 12.1 Å². The number of likely N-dealkylation sites (tertiary alicyclic amines) is 1. The predicted octanol–water partition coefficient (Wildman–Crippen LogP) is 1.93. The molecule has 14 heteroatoms. The number of carboxylic acid groups (broad SMARTS) is 1. The third-order valence-electron chi connectivity index (χ3n) is 5.95. The van der Waals surface area contributed by atoms with Crippen molar-refractivity contribution in [2.24, 2.45) is 0 Å². The Labute approximate surface area is 207 Å². The van der Waals surface area contributed by atoms with E-state index in [1.54, 1.807) is 9.21 Å². The standard InChI is InChI=1S/C19H32N4O3S2.C2HF3O2/c1-17-5-2-3-9-21(17)12-13-22(19(24)18-6-4-15-27-18)14-16-28(25,26)23-10-7-20-8-11-23;3-2(4,5)1(6)7/h4,6,15,17,20H,2-3,5,7-14,16H2,1H3;(H,6,7). The van der Waals surface area contributed by atoms with Crippen LogP contribution in [0.5, 0.6) is 0 Å². The van der Waals surface area contributed by atoms with Crippen LogP contribution in [0.4, 0.5) is 13.2 Å². The topological polar surface area (TPSA) is 110 Å². The number of hydrogen-bond acceptors (Lipinski definition) is 7. The summed E-state index contributed by atoms with van der Waals surface area (Å²) < 4.78 is 58.7. The minimum Gasteiger partial charge on any atom is -0.475 e. The van der Waals surface area contributed by atoms with Gasteiger partial charge in [0.2, 0.25) is 10.0 Å². The molecule has 0 spiro atoms. The SMILES string of the molecule is CC1CCCCN1CCN(CCS(=O)(=O)N1CCNCC1)C(=O)c1cccs1.O=C(O)C(F)(F)F. The van der Waals surface area contributed by atoms with Gasteiger partial charge < -0.3 is 15.3 Å². The molecule has 9 nitrogen and oxygen atoms in total. The first-order valence-electron chi connectivity index (χ1n) is 11.5. The lowest BCUT2D eigenvalue weighted by Gasteiger charge is -2.35. The molecule has 0 radical (unpaired) electrons. The van der Waals surface area contributed by atoms with Gasteiger partial charge in [-0.05, 0) is 37.8 Å². The van der Waals surface area contributed by atoms with Crippen LogP contribution in [0, 0.1) is 0 Å². The number of alkyl halides is 3. The number of thiophene rings is 1. The van der Waals surface area contributed by atoms with Crippen molar-refractivity contribution in [3.63, 3.8) is 0 Å². The zero-order valence-electron chi connectivity index (χ0n) is 19.7. The van der Waals surface area contributed by atoms with Gasteiger partial charge in [-0.2, -0.15) is 17.5 Å². The van der Waals surface area contributed by atoms with Crippen molar-refractivity contribution < 1.29 is 36.3 Å². The number of hydrogen-bond donors (Lipinski definition) is 2. The second kappa shape index (κ2) is 13.5. The van der Waals surface area contributed by atoms with E-state index in [9.17, 15) is 26.4 Å². The smallest absolute Gasteiger partial charge is 0.475 e. The maximum atomic E-state index is 13.0. The molecule has 1 atom stereocenters. The summed E-state index contributed by atoms with van der Waals surface area (Å²) in [5.41, 5.74) is 0. The number of carbonyl (C=O) groups is 2. The predicted molar refractivity (Wildman–Crippen MR) is 127 cm³/mol.